The smallest absolute Gasteiger partial charge is 0.158 e. The van der Waals surface area contributed by atoms with Gasteiger partial charge in [0.25, 0.3) is 0 Å². The minimum absolute atomic E-state index is 0.386. The molecule has 0 bridgehead atoms. The quantitative estimate of drug-likeness (QED) is 0.864. The molecule has 1 saturated carbocycles. The van der Waals surface area contributed by atoms with Gasteiger partial charge in [-0.25, -0.2) is 0 Å². The highest BCUT2D eigenvalue weighted by Crippen LogP contribution is 2.21. The summed E-state index contributed by atoms with van der Waals surface area (Å²) in [6.45, 7) is 5.76. The Morgan fingerprint density at radius 3 is 2.56 bits per heavy atom. The van der Waals surface area contributed by atoms with E-state index in [2.05, 4.69) is 22.4 Å². The van der Waals surface area contributed by atoms with Crippen molar-refractivity contribution in [3.63, 3.8) is 0 Å². The number of hydrogen-bond donors (Lipinski definition) is 1. The highest BCUT2D eigenvalue weighted by molar-refractivity contribution is 4.90. The highest BCUT2D eigenvalue weighted by Gasteiger charge is 2.21. The van der Waals surface area contributed by atoms with Gasteiger partial charge in [-0.3, -0.25) is 0 Å². The van der Waals surface area contributed by atoms with Crippen molar-refractivity contribution in [3.05, 3.63) is 11.6 Å². The summed E-state index contributed by atoms with van der Waals surface area (Å²) in [5.74, 6) is 1.85. The minimum atomic E-state index is 0.386. The SMILES string of the molecule is CCNC1CCC(OCc2nnc(C)n2C)CC1. The topological polar surface area (TPSA) is 52.0 Å². The molecular weight excluding hydrogens is 228 g/mol. The Morgan fingerprint density at radius 1 is 1.28 bits per heavy atom. The van der Waals surface area contributed by atoms with Crippen molar-refractivity contribution in [3.8, 4) is 0 Å². The molecule has 1 aromatic heterocycles. The molecule has 0 aliphatic heterocycles. The first-order valence-corrected chi connectivity index (χ1v) is 6.90. The van der Waals surface area contributed by atoms with Crippen molar-refractivity contribution in [2.75, 3.05) is 6.54 Å². The number of aromatic nitrogens is 3. The summed E-state index contributed by atoms with van der Waals surface area (Å²) in [6, 6.07) is 0.687. The summed E-state index contributed by atoms with van der Waals surface area (Å²) in [4.78, 5) is 0. The molecule has 5 heteroatoms. The van der Waals surface area contributed by atoms with Crippen LogP contribution in [0.4, 0.5) is 0 Å². The lowest BCUT2D eigenvalue weighted by Gasteiger charge is -2.28. The van der Waals surface area contributed by atoms with Gasteiger partial charge in [0.15, 0.2) is 5.82 Å². The number of nitrogens with one attached hydrogen (secondary N) is 1. The van der Waals surface area contributed by atoms with Crippen molar-refractivity contribution in [1.29, 1.82) is 0 Å². The van der Waals surface area contributed by atoms with Crippen LogP contribution in [0.1, 0.15) is 44.3 Å². The molecule has 0 spiro atoms. The van der Waals surface area contributed by atoms with Crippen LogP contribution in [0.3, 0.4) is 0 Å². The Morgan fingerprint density at radius 2 is 2.00 bits per heavy atom. The van der Waals surface area contributed by atoms with E-state index in [4.69, 9.17) is 4.74 Å². The van der Waals surface area contributed by atoms with E-state index in [-0.39, 0.29) is 0 Å². The molecule has 0 radical (unpaired) electrons. The second-order valence-corrected chi connectivity index (χ2v) is 5.06. The van der Waals surface area contributed by atoms with Crippen molar-refractivity contribution in [1.82, 2.24) is 20.1 Å². The van der Waals surface area contributed by atoms with Crippen LogP contribution in [-0.2, 0) is 18.4 Å². The van der Waals surface area contributed by atoms with E-state index in [1.807, 2.05) is 18.5 Å². The molecule has 1 aliphatic rings. The summed E-state index contributed by atoms with van der Waals surface area (Å²) in [5, 5.41) is 11.7. The van der Waals surface area contributed by atoms with Gasteiger partial charge in [-0.2, -0.15) is 0 Å². The standard InChI is InChI=1S/C13H24N4O/c1-4-14-11-5-7-12(8-6-11)18-9-13-16-15-10(2)17(13)3/h11-12,14H,4-9H2,1-3H3. The highest BCUT2D eigenvalue weighted by atomic mass is 16.5. The number of rotatable bonds is 5. The second-order valence-electron chi connectivity index (χ2n) is 5.06. The van der Waals surface area contributed by atoms with Crippen LogP contribution in [0, 0.1) is 6.92 Å². The zero-order valence-corrected chi connectivity index (χ0v) is 11.6. The average molecular weight is 252 g/mol. The molecule has 0 unspecified atom stereocenters. The van der Waals surface area contributed by atoms with E-state index < -0.39 is 0 Å². The number of hydrogen-bond acceptors (Lipinski definition) is 4. The predicted octanol–water partition coefficient (Wildman–Crippen LogP) is 1.56. The van der Waals surface area contributed by atoms with Crippen LogP contribution >= 0.6 is 0 Å². The van der Waals surface area contributed by atoms with Gasteiger partial charge < -0.3 is 14.6 Å². The van der Waals surface area contributed by atoms with Gasteiger partial charge in [0.1, 0.15) is 12.4 Å². The monoisotopic (exact) mass is 252 g/mol. The van der Waals surface area contributed by atoms with Crippen LogP contribution in [0.2, 0.25) is 0 Å². The largest absolute Gasteiger partial charge is 0.370 e. The molecule has 0 atom stereocenters. The summed E-state index contributed by atoms with van der Waals surface area (Å²) in [5.41, 5.74) is 0. The molecule has 1 fully saturated rings. The Kier molecular flexibility index (Phi) is 4.72. The fourth-order valence-electron chi connectivity index (χ4n) is 2.49. The van der Waals surface area contributed by atoms with Crippen LogP contribution < -0.4 is 5.32 Å². The maximum Gasteiger partial charge on any atom is 0.158 e. The molecule has 1 N–H and O–H groups in total. The summed E-state index contributed by atoms with van der Waals surface area (Å²) in [7, 11) is 1.98. The minimum Gasteiger partial charge on any atom is -0.370 e. The van der Waals surface area contributed by atoms with E-state index in [0.717, 1.165) is 31.0 Å². The van der Waals surface area contributed by atoms with E-state index in [1.165, 1.54) is 12.8 Å². The van der Waals surface area contributed by atoms with Gasteiger partial charge in [-0.1, -0.05) is 6.92 Å². The number of ether oxygens (including phenoxy) is 1. The third-order valence-corrected chi connectivity index (χ3v) is 3.80. The third-order valence-electron chi connectivity index (χ3n) is 3.80. The van der Waals surface area contributed by atoms with E-state index in [9.17, 15) is 0 Å². The molecule has 5 nitrogen and oxygen atoms in total. The Balaban J connectivity index is 1.74. The van der Waals surface area contributed by atoms with Crippen LogP contribution in [0.25, 0.3) is 0 Å². The third kappa shape index (κ3) is 3.29. The van der Waals surface area contributed by atoms with Crippen molar-refractivity contribution in [2.45, 2.75) is 58.3 Å². The van der Waals surface area contributed by atoms with Crippen molar-refractivity contribution >= 4 is 0 Å². The molecule has 2 rings (SSSR count). The van der Waals surface area contributed by atoms with Gasteiger partial charge in [0.2, 0.25) is 0 Å². The van der Waals surface area contributed by atoms with Crippen molar-refractivity contribution in [2.24, 2.45) is 7.05 Å². The average Bonchev–Trinajstić information content (AvgIpc) is 2.70. The predicted molar refractivity (Wildman–Crippen MR) is 70.2 cm³/mol. The Labute approximate surface area is 109 Å². The van der Waals surface area contributed by atoms with Crippen LogP contribution in [-0.4, -0.2) is 33.5 Å². The van der Waals surface area contributed by atoms with E-state index >= 15 is 0 Å². The van der Waals surface area contributed by atoms with E-state index in [0.29, 0.717) is 18.8 Å². The van der Waals surface area contributed by atoms with Gasteiger partial charge in [-0.15, -0.1) is 10.2 Å². The van der Waals surface area contributed by atoms with Crippen LogP contribution in [0.15, 0.2) is 0 Å². The lowest BCUT2D eigenvalue weighted by molar-refractivity contribution is 0.00719. The van der Waals surface area contributed by atoms with Crippen molar-refractivity contribution < 1.29 is 4.74 Å². The zero-order valence-electron chi connectivity index (χ0n) is 11.6. The molecule has 1 aromatic rings. The van der Waals surface area contributed by atoms with Gasteiger partial charge in [0.05, 0.1) is 6.10 Å². The zero-order chi connectivity index (χ0) is 13.0. The molecule has 1 aliphatic carbocycles. The molecule has 1 heterocycles. The molecule has 18 heavy (non-hydrogen) atoms. The Hall–Kier alpha value is -0.940. The normalized spacial score (nSPS) is 24.4. The molecule has 0 aromatic carbocycles. The lowest BCUT2D eigenvalue weighted by Crippen LogP contribution is -2.35. The Bertz CT molecular complexity index is 369. The van der Waals surface area contributed by atoms with Gasteiger partial charge >= 0.3 is 0 Å². The molecular formula is C13H24N4O. The second kappa shape index (κ2) is 6.29. The fraction of sp³-hybridized carbons (Fsp3) is 0.846. The van der Waals surface area contributed by atoms with Gasteiger partial charge in [0, 0.05) is 13.1 Å². The maximum atomic E-state index is 5.94. The van der Waals surface area contributed by atoms with Gasteiger partial charge in [-0.05, 0) is 39.2 Å². The number of aryl methyl sites for hydroxylation is 1. The first-order valence-electron chi connectivity index (χ1n) is 6.90. The summed E-state index contributed by atoms with van der Waals surface area (Å²) < 4.78 is 7.93. The summed E-state index contributed by atoms with van der Waals surface area (Å²) >= 11 is 0. The lowest BCUT2D eigenvalue weighted by atomic mass is 9.93. The first kappa shape index (κ1) is 13.5. The molecule has 0 saturated heterocycles. The fourth-order valence-corrected chi connectivity index (χ4v) is 2.49. The van der Waals surface area contributed by atoms with E-state index in [1.54, 1.807) is 0 Å². The molecule has 102 valence electrons. The first-order chi connectivity index (χ1) is 8.70. The summed E-state index contributed by atoms with van der Waals surface area (Å²) in [6.07, 6.45) is 5.12. The maximum absolute atomic E-state index is 5.94. The molecule has 0 amide bonds. The van der Waals surface area contributed by atoms with Crippen LogP contribution in [0.5, 0.6) is 0 Å². The number of nitrogens with zero attached hydrogens (tertiary/aromatic N) is 3.